The van der Waals surface area contributed by atoms with Gasteiger partial charge in [-0.1, -0.05) is 28.9 Å². The van der Waals surface area contributed by atoms with E-state index in [1.54, 1.807) is 0 Å². The van der Waals surface area contributed by atoms with Crippen LogP contribution in [0.5, 0.6) is 0 Å². The molecule has 0 N–H and O–H groups in total. The van der Waals surface area contributed by atoms with Gasteiger partial charge >= 0.3 is 0 Å². The highest BCUT2D eigenvalue weighted by Gasteiger charge is 1.90. The number of hydrogen-bond donors (Lipinski definition) is 0. The van der Waals surface area contributed by atoms with Gasteiger partial charge in [0, 0.05) is 0 Å². The van der Waals surface area contributed by atoms with Crippen LogP contribution in [0.2, 0.25) is 0 Å². The molecule has 0 aliphatic rings. The van der Waals surface area contributed by atoms with Gasteiger partial charge in [0.25, 0.3) is 0 Å². The maximum absolute atomic E-state index is 5.49. The van der Waals surface area contributed by atoms with E-state index >= 15 is 0 Å². The summed E-state index contributed by atoms with van der Waals surface area (Å²) in [6.45, 7) is 13.8. The number of rotatable bonds is 8. The number of hydrogen-bond acceptors (Lipinski definition) is 1. The van der Waals surface area contributed by atoms with Crippen molar-refractivity contribution in [2.45, 2.75) is 47.0 Å². The van der Waals surface area contributed by atoms with Gasteiger partial charge < -0.3 is 4.74 Å². The Kier molecular flexibility index (Phi) is 8.93. The molecule has 0 amide bonds. The molecule has 0 rings (SSSR count). The molecule has 1 heteroatoms. The van der Waals surface area contributed by atoms with Gasteiger partial charge in [-0.15, -0.1) is 6.58 Å². The molecule has 16 heavy (non-hydrogen) atoms. The lowest BCUT2D eigenvalue weighted by Gasteiger charge is -2.02. The van der Waals surface area contributed by atoms with E-state index in [9.17, 15) is 0 Å². The number of ether oxygens (including phenoxy) is 1. The van der Waals surface area contributed by atoms with Crippen molar-refractivity contribution in [1.29, 1.82) is 0 Å². The van der Waals surface area contributed by atoms with Gasteiger partial charge in [0.15, 0.2) is 0 Å². The third-order valence-corrected chi connectivity index (χ3v) is 2.31. The van der Waals surface area contributed by atoms with Crippen molar-refractivity contribution in [1.82, 2.24) is 0 Å². The largest absolute Gasteiger partial charge is 0.377 e. The lowest BCUT2D eigenvalue weighted by Crippen LogP contribution is -1.95. The highest BCUT2D eigenvalue weighted by Crippen LogP contribution is 2.06. The van der Waals surface area contributed by atoms with Crippen molar-refractivity contribution in [3.63, 3.8) is 0 Å². The summed E-state index contributed by atoms with van der Waals surface area (Å²) in [5.74, 6) is 0. The predicted octanol–water partition coefficient (Wildman–Crippen LogP) is 4.66. The maximum Gasteiger partial charge on any atom is 0.0650 e. The normalized spacial score (nSPS) is 11.4. The number of allylic oxidation sites excluding steroid dienone is 3. The Morgan fingerprint density at radius 2 is 1.75 bits per heavy atom. The van der Waals surface area contributed by atoms with E-state index in [2.05, 4.69) is 39.5 Å². The second-order valence-corrected chi connectivity index (χ2v) is 4.65. The summed E-state index contributed by atoms with van der Waals surface area (Å²) in [5, 5.41) is 0. The van der Waals surface area contributed by atoms with Gasteiger partial charge in [-0.05, 0) is 47.0 Å². The van der Waals surface area contributed by atoms with E-state index in [-0.39, 0.29) is 0 Å². The van der Waals surface area contributed by atoms with Crippen molar-refractivity contribution in [2.75, 3.05) is 13.2 Å². The molecular weight excluding hydrogens is 196 g/mol. The zero-order valence-corrected chi connectivity index (χ0v) is 11.3. The molecule has 0 aliphatic heterocycles. The highest BCUT2D eigenvalue weighted by molar-refractivity contribution is 5.02. The van der Waals surface area contributed by atoms with Crippen LogP contribution in [-0.2, 0) is 4.74 Å². The van der Waals surface area contributed by atoms with Crippen molar-refractivity contribution < 1.29 is 4.74 Å². The lowest BCUT2D eigenvalue weighted by molar-refractivity contribution is 0.165. The van der Waals surface area contributed by atoms with Crippen LogP contribution in [0.15, 0.2) is 35.5 Å². The fourth-order valence-electron chi connectivity index (χ4n) is 1.22. The molecule has 0 heterocycles. The van der Waals surface area contributed by atoms with Crippen LogP contribution in [0.1, 0.15) is 47.0 Å². The minimum absolute atomic E-state index is 0.730. The predicted molar refractivity (Wildman–Crippen MR) is 72.7 cm³/mol. The molecule has 0 aromatic carbocycles. The summed E-state index contributed by atoms with van der Waals surface area (Å²) >= 11 is 0. The molecule has 0 unspecified atom stereocenters. The van der Waals surface area contributed by atoms with Gasteiger partial charge in [-0.2, -0.15) is 0 Å². The molecule has 1 nitrogen and oxygen atoms in total. The zero-order valence-electron chi connectivity index (χ0n) is 11.3. The van der Waals surface area contributed by atoms with E-state index in [0.717, 1.165) is 32.5 Å². The van der Waals surface area contributed by atoms with E-state index in [1.807, 2.05) is 6.92 Å². The quantitative estimate of drug-likeness (QED) is 0.428. The van der Waals surface area contributed by atoms with Crippen molar-refractivity contribution in [3.05, 3.63) is 35.5 Å². The third-order valence-electron chi connectivity index (χ3n) is 2.31. The molecule has 0 fully saturated rings. The molecule has 0 radical (unpaired) electrons. The van der Waals surface area contributed by atoms with Gasteiger partial charge in [0.1, 0.15) is 0 Å². The van der Waals surface area contributed by atoms with Crippen LogP contribution in [0, 0.1) is 0 Å². The molecule has 0 saturated heterocycles. The standard InChI is InChI=1S/C15H26O/c1-13(2)7-6-8-15(5)10-12-16-11-9-14(3)4/h7,10H,3,6,8-9,11-12H2,1-2,4-5H3/b15-10+. The Morgan fingerprint density at radius 3 is 2.31 bits per heavy atom. The van der Waals surface area contributed by atoms with Crippen LogP contribution >= 0.6 is 0 Å². The Morgan fingerprint density at radius 1 is 1.06 bits per heavy atom. The second-order valence-electron chi connectivity index (χ2n) is 4.65. The molecule has 0 saturated carbocycles. The summed E-state index contributed by atoms with van der Waals surface area (Å²) in [6.07, 6.45) is 7.69. The van der Waals surface area contributed by atoms with Gasteiger partial charge in [-0.3, -0.25) is 0 Å². The molecule has 0 aromatic rings. The lowest BCUT2D eigenvalue weighted by atomic mass is 10.1. The summed E-state index contributed by atoms with van der Waals surface area (Å²) in [6, 6.07) is 0. The molecule has 0 spiro atoms. The summed E-state index contributed by atoms with van der Waals surface area (Å²) in [4.78, 5) is 0. The molecule has 92 valence electrons. The first-order valence-corrected chi connectivity index (χ1v) is 6.03. The molecular formula is C15H26O. The third kappa shape index (κ3) is 11.3. The minimum atomic E-state index is 0.730. The first-order valence-electron chi connectivity index (χ1n) is 6.03. The van der Waals surface area contributed by atoms with Gasteiger partial charge in [0.05, 0.1) is 13.2 Å². The minimum Gasteiger partial charge on any atom is -0.377 e. The Balaban J connectivity index is 3.55. The Hall–Kier alpha value is -0.820. The van der Waals surface area contributed by atoms with Crippen molar-refractivity contribution in [2.24, 2.45) is 0 Å². The van der Waals surface area contributed by atoms with Crippen LogP contribution in [0.4, 0.5) is 0 Å². The smallest absolute Gasteiger partial charge is 0.0650 e. The SMILES string of the molecule is C=C(C)CCOC/C=C(\C)CCC=C(C)C. The van der Waals surface area contributed by atoms with E-state index in [4.69, 9.17) is 4.74 Å². The first-order chi connectivity index (χ1) is 7.52. The van der Waals surface area contributed by atoms with Gasteiger partial charge in [-0.25, -0.2) is 0 Å². The molecule has 0 aromatic heterocycles. The monoisotopic (exact) mass is 222 g/mol. The van der Waals surface area contributed by atoms with Crippen LogP contribution in [0.25, 0.3) is 0 Å². The first kappa shape index (κ1) is 15.2. The average Bonchev–Trinajstić information content (AvgIpc) is 2.16. The van der Waals surface area contributed by atoms with Gasteiger partial charge in [0.2, 0.25) is 0 Å². The topological polar surface area (TPSA) is 9.23 Å². The Labute approximate surface area is 101 Å². The van der Waals surface area contributed by atoms with E-state index < -0.39 is 0 Å². The fourth-order valence-corrected chi connectivity index (χ4v) is 1.22. The van der Waals surface area contributed by atoms with E-state index in [1.165, 1.54) is 16.7 Å². The zero-order chi connectivity index (χ0) is 12.4. The van der Waals surface area contributed by atoms with E-state index in [0.29, 0.717) is 0 Å². The second kappa shape index (κ2) is 9.41. The fraction of sp³-hybridized carbons (Fsp3) is 0.600. The molecule has 0 aliphatic carbocycles. The van der Waals surface area contributed by atoms with Crippen molar-refractivity contribution >= 4 is 0 Å². The van der Waals surface area contributed by atoms with Crippen molar-refractivity contribution in [3.8, 4) is 0 Å². The summed E-state index contributed by atoms with van der Waals surface area (Å²) in [7, 11) is 0. The highest BCUT2D eigenvalue weighted by atomic mass is 16.5. The van der Waals surface area contributed by atoms with Crippen LogP contribution in [0.3, 0.4) is 0 Å². The molecule has 0 atom stereocenters. The van der Waals surface area contributed by atoms with Crippen LogP contribution in [-0.4, -0.2) is 13.2 Å². The average molecular weight is 222 g/mol. The Bertz CT molecular complexity index is 255. The summed E-state index contributed by atoms with van der Waals surface area (Å²) in [5.41, 5.74) is 3.99. The van der Waals surface area contributed by atoms with Crippen LogP contribution < -0.4 is 0 Å². The molecule has 0 bridgehead atoms. The summed E-state index contributed by atoms with van der Waals surface area (Å²) < 4.78 is 5.49. The maximum atomic E-state index is 5.49.